The second kappa shape index (κ2) is 5.29. The lowest BCUT2D eigenvalue weighted by Crippen LogP contribution is -1.98. The van der Waals surface area contributed by atoms with E-state index in [4.69, 9.17) is 0 Å². The van der Waals surface area contributed by atoms with Gasteiger partial charge in [-0.2, -0.15) is 0 Å². The number of imidazole rings is 1. The number of hydrogen-bond donors (Lipinski definition) is 0. The molecule has 1 atom stereocenters. The van der Waals surface area contributed by atoms with Crippen LogP contribution in [0.3, 0.4) is 0 Å². The van der Waals surface area contributed by atoms with E-state index in [9.17, 15) is 0 Å². The molecule has 0 spiro atoms. The van der Waals surface area contributed by atoms with Gasteiger partial charge in [0.05, 0.1) is 12.3 Å². The van der Waals surface area contributed by atoms with Crippen molar-refractivity contribution in [2.45, 2.75) is 13.0 Å². The van der Waals surface area contributed by atoms with Crippen LogP contribution in [-0.2, 0) is 7.05 Å². The Kier molecular flexibility index (Phi) is 3.33. The second-order valence-electron chi connectivity index (χ2n) is 4.92. The third kappa shape index (κ3) is 2.35. The standard InChI is InChI=1S/C17H17N3/c1-13(19-12-17-18-10-11-20(17)2)15-9-5-7-14-6-3-4-8-16(14)15/h3-13H,1-2H3/t13-/m1/s1. The van der Waals surface area contributed by atoms with Crippen molar-refractivity contribution in [2.75, 3.05) is 0 Å². The van der Waals surface area contributed by atoms with Crippen LogP contribution in [0, 0.1) is 0 Å². The highest BCUT2D eigenvalue weighted by atomic mass is 15.0. The normalized spacial score (nSPS) is 13.1. The Morgan fingerprint density at radius 3 is 2.75 bits per heavy atom. The lowest BCUT2D eigenvalue weighted by atomic mass is 10.0. The molecule has 0 aliphatic heterocycles. The van der Waals surface area contributed by atoms with Crippen molar-refractivity contribution in [1.82, 2.24) is 9.55 Å². The number of aromatic nitrogens is 2. The predicted octanol–water partition coefficient (Wildman–Crippen LogP) is 3.75. The van der Waals surface area contributed by atoms with Crippen LogP contribution in [-0.4, -0.2) is 15.8 Å². The van der Waals surface area contributed by atoms with Crippen LogP contribution in [0.2, 0.25) is 0 Å². The van der Waals surface area contributed by atoms with Gasteiger partial charge in [-0.1, -0.05) is 42.5 Å². The summed E-state index contributed by atoms with van der Waals surface area (Å²) >= 11 is 0. The first-order valence-corrected chi connectivity index (χ1v) is 6.74. The molecule has 0 aliphatic rings. The molecule has 0 fully saturated rings. The maximum absolute atomic E-state index is 4.64. The average Bonchev–Trinajstić information content (AvgIpc) is 2.89. The van der Waals surface area contributed by atoms with Crippen LogP contribution in [0.1, 0.15) is 24.4 Å². The van der Waals surface area contributed by atoms with Gasteiger partial charge in [0.2, 0.25) is 0 Å². The molecule has 20 heavy (non-hydrogen) atoms. The molecule has 0 N–H and O–H groups in total. The molecule has 0 radical (unpaired) electrons. The van der Waals surface area contributed by atoms with Gasteiger partial charge in [-0.05, 0) is 23.3 Å². The lowest BCUT2D eigenvalue weighted by molar-refractivity contribution is 0.826. The summed E-state index contributed by atoms with van der Waals surface area (Å²) in [5, 5.41) is 2.52. The van der Waals surface area contributed by atoms with Gasteiger partial charge in [0.15, 0.2) is 0 Å². The molecule has 3 aromatic rings. The van der Waals surface area contributed by atoms with Crippen LogP contribution >= 0.6 is 0 Å². The highest BCUT2D eigenvalue weighted by Gasteiger charge is 2.07. The fraction of sp³-hybridized carbons (Fsp3) is 0.176. The quantitative estimate of drug-likeness (QED) is 0.662. The zero-order valence-electron chi connectivity index (χ0n) is 11.7. The van der Waals surface area contributed by atoms with Crippen molar-refractivity contribution in [1.29, 1.82) is 0 Å². The zero-order valence-corrected chi connectivity index (χ0v) is 11.7. The van der Waals surface area contributed by atoms with E-state index in [1.165, 1.54) is 16.3 Å². The Balaban J connectivity index is 1.95. The number of aliphatic imine (C=N–C) groups is 1. The first-order valence-electron chi connectivity index (χ1n) is 6.74. The molecular formula is C17H17N3. The smallest absolute Gasteiger partial charge is 0.150 e. The van der Waals surface area contributed by atoms with Crippen LogP contribution in [0.4, 0.5) is 0 Å². The van der Waals surface area contributed by atoms with E-state index in [0.29, 0.717) is 0 Å². The van der Waals surface area contributed by atoms with E-state index in [2.05, 4.69) is 59.4 Å². The van der Waals surface area contributed by atoms with Crippen LogP contribution < -0.4 is 0 Å². The Hall–Kier alpha value is -2.42. The molecule has 0 saturated carbocycles. The molecule has 2 aromatic carbocycles. The SMILES string of the molecule is C[C@@H](N=Cc1nccn1C)c1cccc2ccccc12. The maximum atomic E-state index is 4.64. The summed E-state index contributed by atoms with van der Waals surface area (Å²) in [6.07, 6.45) is 5.54. The van der Waals surface area contributed by atoms with E-state index in [0.717, 1.165) is 5.82 Å². The number of hydrogen-bond acceptors (Lipinski definition) is 2. The van der Waals surface area contributed by atoms with Gasteiger partial charge >= 0.3 is 0 Å². The van der Waals surface area contributed by atoms with Gasteiger partial charge in [0.1, 0.15) is 5.82 Å². The Labute approximate surface area is 118 Å². The zero-order chi connectivity index (χ0) is 13.9. The summed E-state index contributed by atoms with van der Waals surface area (Å²) in [5.74, 6) is 0.872. The Morgan fingerprint density at radius 2 is 1.95 bits per heavy atom. The van der Waals surface area contributed by atoms with Crippen molar-refractivity contribution in [2.24, 2.45) is 12.0 Å². The Bertz CT molecular complexity index is 750. The van der Waals surface area contributed by atoms with E-state index in [-0.39, 0.29) is 6.04 Å². The average molecular weight is 263 g/mol. The molecule has 1 heterocycles. The van der Waals surface area contributed by atoms with E-state index in [1.807, 2.05) is 24.0 Å². The molecule has 0 bridgehead atoms. The molecule has 1 aromatic heterocycles. The third-order valence-corrected chi connectivity index (χ3v) is 3.55. The molecule has 0 unspecified atom stereocenters. The molecule has 3 heteroatoms. The summed E-state index contributed by atoms with van der Waals surface area (Å²) in [6, 6.07) is 14.9. The minimum absolute atomic E-state index is 0.109. The number of nitrogens with zero attached hydrogens (tertiary/aromatic N) is 3. The predicted molar refractivity (Wildman–Crippen MR) is 83.2 cm³/mol. The molecular weight excluding hydrogens is 246 g/mol. The molecule has 0 saturated heterocycles. The van der Waals surface area contributed by atoms with Gasteiger partial charge in [-0.3, -0.25) is 4.99 Å². The van der Waals surface area contributed by atoms with Crippen LogP contribution in [0.25, 0.3) is 10.8 Å². The van der Waals surface area contributed by atoms with Crippen molar-refractivity contribution in [3.63, 3.8) is 0 Å². The van der Waals surface area contributed by atoms with E-state index in [1.54, 1.807) is 6.20 Å². The molecule has 0 amide bonds. The molecule has 0 aliphatic carbocycles. The third-order valence-electron chi connectivity index (χ3n) is 3.55. The van der Waals surface area contributed by atoms with E-state index >= 15 is 0 Å². The van der Waals surface area contributed by atoms with Crippen molar-refractivity contribution >= 4 is 17.0 Å². The van der Waals surface area contributed by atoms with Gasteiger partial charge in [0, 0.05) is 19.4 Å². The van der Waals surface area contributed by atoms with Gasteiger partial charge in [-0.25, -0.2) is 4.98 Å². The van der Waals surface area contributed by atoms with Crippen molar-refractivity contribution in [3.8, 4) is 0 Å². The topological polar surface area (TPSA) is 30.2 Å². The molecule has 100 valence electrons. The fourth-order valence-electron chi connectivity index (χ4n) is 2.38. The summed E-state index contributed by atoms with van der Waals surface area (Å²) in [7, 11) is 1.97. The van der Waals surface area contributed by atoms with Crippen molar-refractivity contribution in [3.05, 3.63) is 66.2 Å². The van der Waals surface area contributed by atoms with Gasteiger partial charge in [-0.15, -0.1) is 0 Å². The molecule has 3 rings (SSSR count). The highest BCUT2D eigenvalue weighted by molar-refractivity contribution is 5.86. The minimum Gasteiger partial charge on any atom is -0.333 e. The maximum Gasteiger partial charge on any atom is 0.150 e. The number of rotatable bonds is 3. The summed E-state index contributed by atoms with van der Waals surface area (Å²) < 4.78 is 1.96. The fourth-order valence-corrected chi connectivity index (χ4v) is 2.38. The highest BCUT2D eigenvalue weighted by Crippen LogP contribution is 2.26. The summed E-state index contributed by atoms with van der Waals surface area (Å²) in [4.78, 5) is 8.90. The first kappa shape index (κ1) is 12.6. The minimum atomic E-state index is 0.109. The number of fused-ring (bicyclic) bond motifs is 1. The van der Waals surface area contributed by atoms with Crippen molar-refractivity contribution < 1.29 is 0 Å². The monoisotopic (exact) mass is 263 g/mol. The summed E-state index contributed by atoms with van der Waals surface area (Å²) in [6.45, 7) is 2.11. The second-order valence-corrected chi connectivity index (χ2v) is 4.92. The number of aryl methyl sites for hydroxylation is 1. The largest absolute Gasteiger partial charge is 0.333 e. The summed E-state index contributed by atoms with van der Waals surface area (Å²) in [5.41, 5.74) is 1.24. The Morgan fingerprint density at radius 1 is 1.15 bits per heavy atom. The van der Waals surface area contributed by atoms with Gasteiger partial charge in [0.25, 0.3) is 0 Å². The number of benzene rings is 2. The van der Waals surface area contributed by atoms with Gasteiger partial charge < -0.3 is 4.57 Å². The van der Waals surface area contributed by atoms with E-state index < -0.39 is 0 Å². The first-order chi connectivity index (χ1) is 9.75. The molecule has 3 nitrogen and oxygen atoms in total. The van der Waals surface area contributed by atoms with Crippen LogP contribution in [0.15, 0.2) is 59.9 Å². The van der Waals surface area contributed by atoms with Crippen LogP contribution in [0.5, 0.6) is 0 Å². The lowest BCUT2D eigenvalue weighted by Gasteiger charge is -2.10.